The van der Waals surface area contributed by atoms with E-state index in [1.165, 1.54) is 30.1 Å². The van der Waals surface area contributed by atoms with Crippen molar-refractivity contribution >= 4 is 22.6 Å². The smallest absolute Gasteiger partial charge is 0.0931 e. The minimum absolute atomic E-state index is 0.602. The molecule has 0 aromatic rings. The van der Waals surface area contributed by atoms with Gasteiger partial charge in [0.15, 0.2) is 0 Å². The van der Waals surface area contributed by atoms with Crippen molar-refractivity contribution < 1.29 is 4.74 Å². The summed E-state index contributed by atoms with van der Waals surface area (Å²) in [4.78, 5) is 0. The van der Waals surface area contributed by atoms with Gasteiger partial charge in [0.05, 0.1) is 12.2 Å². The van der Waals surface area contributed by atoms with E-state index in [2.05, 4.69) is 36.4 Å². The Morgan fingerprint density at radius 2 is 2.00 bits per heavy atom. The molecule has 2 heteroatoms. The van der Waals surface area contributed by atoms with E-state index < -0.39 is 0 Å². The molecule has 1 heterocycles. The van der Waals surface area contributed by atoms with Crippen molar-refractivity contribution in [2.24, 2.45) is 5.92 Å². The fraction of sp³-hybridized carbons (Fsp3) is 1.00. The van der Waals surface area contributed by atoms with Crippen molar-refractivity contribution in [1.29, 1.82) is 0 Å². The Balaban J connectivity index is 1.84. The molecule has 0 aliphatic carbocycles. The van der Waals surface area contributed by atoms with E-state index in [9.17, 15) is 0 Å². The topological polar surface area (TPSA) is 12.5 Å². The van der Waals surface area contributed by atoms with E-state index in [1.54, 1.807) is 0 Å². The number of halogens is 1. The molecule has 1 aliphatic heterocycles. The van der Waals surface area contributed by atoms with E-state index >= 15 is 0 Å². The lowest BCUT2D eigenvalue weighted by molar-refractivity contribution is 0.365. The average Bonchev–Trinajstić information content (AvgIpc) is 2.76. The number of alkyl halides is 1. The Hall–Kier alpha value is 0.690. The number of epoxide rings is 1. The summed E-state index contributed by atoms with van der Waals surface area (Å²) in [6.45, 7) is 4.59. The summed E-state index contributed by atoms with van der Waals surface area (Å²) < 4.78 is 6.64. The summed E-state index contributed by atoms with van der Waals surface area (Å²) in [6.07, 6.45) is 6.63. The van der Waals surface area contributed by atoms with Crippen molar-refractivity contribution in [3.05, 3.63) is 0 Å². The highest BCUT2D eigenvalue weighted by Gasteiger charge is 2.36. The summed E-state index contributed by atoms with van der Waals surface area (Å²) in [5.74, 6) is 0.866. The molecule has 0 amide bonds. The molecule has 0 unspecified atom stereocenters. The van der Waals surface area contributed by atoms with Gasteiger partial charge in [0.1, 0.15) is 0 Å². The Morgan fingerprint density at radius 3 is 2.50 bits per heavy atom. The molecular formula is C10H19IO. The van der Waals surface area contributed by atoms with Crippen molar-refractivity contribution in [3.63, 3.8) is 0 Å². The van der Waals surface area contributed by atoms with Gasteiger partial charge in [-0.3, -0.25) is 0 Å². The van der Waals surface area contributed by atoms with Gasteiger partial charge in [-0.25, -0.2) is 0 Å². The summed E-state index contributed by atoms with van der Waals surface area (Å²) in [5, 5.41) is 0. The monoisotopic (exact) mass is 282 g/mol. The molecule has 12 heavy (non-hydrogen) atoms. The zero-order chi connectivity index (χ0) is 8.97. The first-order valence-corrected chi connectivity index (χ1v) is 6.48. The van der Waals surface area contributed by atoms with Crippen LogP contribution in [0.2, 0.25) is 0 Å². The summed E-state index contributed by atoms with van der Waals surface area (Å²) in [7, 11) is 0. The fourth-order valence-electron chi connectivity index (χ4n) is 1.47. The minimum Gasteiger partial charge on any atom is -0.369 e. The van der Waals surface area contributed by atoms with Gasteiger partial charge in [-0.05, 0) is 12.3 Å². The number of rotatable bonds is 6. The molecule has 2 atom stereocenters. The number of ether oxygens (including phenoxy) is 1. The molecule has 1 rings (SSSR count). The fourth-order valence-corrected chi connectivity index (χ4v) is 2.24. The van der Waals surface area contributed by atoms with Crippen LogP contribution in [0.1, 0.15) is 39.5 Å². The van der Waals surface area contributed by atoms with Gasteiger partial charge in [0.25, 0.3) is 0 Å². The maximum absolute atomic E-state index is 5.47. The maximum atomic E-state index is 5.47. The van der Waals surface area contributed by atoms with Crippen molar-refractivity contribution in [3.8, 4) is 0 Å². The second kappa shape index (κ2) is 5.43. The van der Waals surface area contributed by atoms with Crippen LogP contribution in [-0.2, 0) is 4.74 Å². The molecule has 0 spiro atoms. The van der Waals surface area contributed by atoms with Crippen LogP contribution in [0.3, 0.4) is 0 Å². The number of unbranched alkanes of at least 4 members (excludes halogenated alkanes) is 1. The second-order valence-corrected chi connectivity index (χ2v) is 4.93. The third-order valence-corrected chi connectivity index (χ3v) is 3.23. The van der Waals surface area contributed by atoms with E-state index in [1.807, 2.05) is 0 Å². The molecule has 1 fully saturated rings. The standard InChI is InChI=1S/C10H19IO/c1-8(2)5-3-4-6-9-10(7-11)12-9/h8-10H,3-7H2,1-2H3/t9-,10-/m1/s1. The Kier molecular flexibility index (Phi) is 4.87. The zero-order valence-electron chi connectivity index (χ0n) is 8.05. The lowest BCUT2D eigenvalue weighted by Crippen LogP contribution is -1.95. The average molecular weight is 282 g/mol. The minimum atomic E-state index is 0.602. The van der Waals surface area contributed by atoms with Crippen molar-refractivity contribution in [2.45, 2.75) is 51.7 Å². The third-order valence-electron chi connectivity index (χ3n) is 2.36. The van der Waals surface area contributed by atoms with E-state index in [-0.39, 0.29) is 0 Å². The molecule has 0 aromatic carbocycles. The first-order valence-electron chi connectivity index (χ1n) is 4.95. The molecule has 0 bridgehead atoms. The normalized spacial score (nSPS) is 28.0. The molecule has 1 aliphatic rings. The van der Waals surface area contributed by atoms with Crippen LogP contribution in [0.15, 0.2) is 0 Å². The largest absolute Gasteiger partial charge is 0.369 e. The van der Waals surface area contributed by atoms with Crippen LogP contribution in [0, 0.1) is 5.92 Å². The van der Waals surface area contributed by atoms with Crippen LogP contribution in [0.25, 0.3) is 0 Å². The SMILES string of the molecule is CC(C)CCCC[C@H]1O[C@@H]1CI. The third kappa shape index (κ3) is 4.08. The van der Waals surface area contributed by atoms with Crippen molar-refractivity contribution in [1.82, 2.24) is 0 Å². The Bertz CT molecular complexity index is 125. The molecule has 0 aromatic heterocycles. The molecule has 72 valence electrons. The highest BCUT2D eigenvalue weighted by Crippen LogP contribution is 2.28. The van der Waals surface area contributed by atoms with Gasteiger partial charge in [-0.1, -0.05) is 55.7 Å². The van der Waals surface area contributed by atoms with Gasteiger partial charge >= 0.3 is 0 Å². The van der Waals surface area contributed by atoms with Gasteiger partial charge in [-0.15, -0.1) is 0 Å². The predicted octanol–water partition coefficient (Wildman–Crippen LogP) is 3.41. The summed E-state index contributed by atoms with van der Waals surface area (Å²) >= 11 is 2.40. The second-order valence-electron chi connectivity index (χ2n) is 4.05. The quantitative estimate of drug-likeness (QED) is 0.315. The Labute approximate surface area is 89.4 Å². The highest BCUT2D eigenvalue weighted by molar-refractivity contribution is 14.1. The van der Waals surface area contributed by atoms with Gasteiger partial charge in [-0.2, -0.15) is 0 Å². The molecule has 1 nitrogen and oxygen atoms in total. The zero-order valence-corrected chi connectivity index (χ0v) is 10.2. The van der Waals surface area contributed by atoms with Gasteiger partial charge in [0.2, 0.25) is 0 Å². The van der Waals surface area contributed by atoms with Gasteiger partial charge in [0, 0.05) is 4.43 Å². The van der Waals surface area contributed by atoms with E-state index in [0.717, 1.165) is 5.92 Å². The summed E-state index contributed by atoms with van der Waals surface area (Å²) in [5.41, 5.74) is 0. The van der Waals surface area contributed by atoms with E-state index in [0.29, 0.717) is 12.2 Å². The Morgan fingerprint density at radius 1 is 1.25 bits per heavy atom. The predicted molar refractivity (Wildman–Crippen MR) is 60.9 cm³/mol. The van der Waals surface area contributed by atoms with Crippen molar-refractivity contribution in [2.75, 3.05) is 4.43 Å². The molecule has 0 radical (unpaired) electrons. The first-order chi connectivity index (χ1) is 5.74. The van der Waals surface area contributed by atoms with Crippen LogP contribution in [0.4, 0.5) is 0 Å². The van der Waals surface area contributed by atoms with Gasteiger partial charge < -0.3 is 4.74 Å². The van der Waals surface area contributed by atoms with Crippen LogP contribution >= 0.6 is 22.6 Å². The number of hydrogen-bond acceptors (Lipinski definition) is 1. The maximum Gasteiger partial charge on any atom is 0.0931 e. The van der Waals surface area contributed by atoms with Crippen LogP contribution < -0.4 is 0 Å². The van der Waals surface area contributed by atoms with Crippen LogP contribution in [-0.4, -0.2) is 16.6 Å². The van der Waals surface area contributed by atoms with E-state index in [4.69, 9.17) is 4.74 Å². The lowest BCUT2D eigenvalue weighted by Gasteiger charge is -2.02. The number of hydrogen-bond donors (Lipinski definition) is 0. The lowest BCUT2D eigenvalue weighted by atomic mass is 10.0. The first kappa shape index (κ1) is 10.8. The molecule has 1 saturated heterocycles. The summed E-state index contributed by atoms with van der Waals surface area (Å²) in [6, 6.07) is 0. The highest BCUT2D eigenvalue weighted by atomic mass is 127. The molecular weight excluding hydrogens is 263 g/mol. The molecule has 0 saturated carbocycles. The molecule has 0 N–H and O–H groups in total. The van der Waals surface area contributed by atoms with Crippen LogP contribution in [0.5, 0.6) is 0 Å².